The molecule has 2 heterocycles. The Kier molecular flexibility index (Phi) is 11.7. The summed E-state index contributed by atoms with van der Waals surface area (Å²) in [6.07, 6.45) is 1.68. The second kappa shape index (κ2) is 15.9. The first-order valence-electron chi connectivity index (χ1n) is 15.8. The van der Waals surface area contributed by atoms with E-state index < -0.39 is 41.8 Å². The summed E-state index contributed by atoms with van der Waals surface area (Å²) in [5.41, 5.74) is 3.33. The van der Waals surface area contributed by atoms with Crippen LogP contribution in [0.1, 0.15) is 45.2 Å². The summed E-state index contributed by atoms with van der Waals surface area (Å²) in [5.74, 6) is -2.76. The molecule has 2 aromatic heterocycles. The van der Waals surface area contributed by atoms with Gasteiger partial charge in [0.25, 0.3) is 0 Å². The Labute approximate surface area is 277 Å². The standard InChI is InChI=1S/C35H41N5O8/c1-19(2)33(34(45)39-20(3)4)40-32(44)17-38-31(43)16-37-30(42)15-36-29(41)12-11-23-21(5)24-13-25-26(22-9-7-6-8-10-22)18-47-27(25)14-28(24)48-35(23)46/h6-10,13-14,18-20,33H,11-12,15-17H2,1-5H3,(H,36,41)(H,37,42)(H,38,43)(H,39,45)(H,40,44). The summed E-state index contributed by atoms with van der Waals surface area (Å²) in [5, 5.41) is 14.2. The Balaban J connectivity index is 1.24. The molecule has 0 spiro atoms. The number of nitrogens with one attached hydrogen (secondary N) is 5. The third-order valence-electron chi connectivity index (χ3n) is 7.70. The zero-order valence-corrected chi connectivity index (χ0v) is 27.7. The average molecular weight is 660 g/mol. The van der Waals surface area contributed by atoms with Crippen LogP contribution in [0.5, 0.6) is 0 Å². The van der Waals surface area contributed by atoms with Gasteiger partial charge in [0.15, 0.2) is 0 Å². The summed E-state index contributed by atoms with van der Waals surface area (Å²) in [4.78, 5) is 74.3. The van der Waals surface area contributed by atoms with Gasteiger partial charge in [-0.1, -0.05) is 44.2 Å². The molecular weight excluding hydrogens is 618 g/mol. The SMILES string of the molecule is Cc1c(CCC(=O)NCC(=O)NCC(=O)NCC(=O)NC(C(=O)NC(C)C)C(C)C)c(=O)oc2cc3occ(-c4ccccc4)c3cc12. The molecule has 4 rings (SSSR count). The third-order valence-corrected chi connectivity index (χ3v) is 7.70. The molecular formula is C35H41N5O8. The minimum Gasteiger partial charge on any atom is -0.464 e. The number of aryl methyl sites for hydroxylation is 1. The van der Waals surface area contributed by atoms with Crippen LogP contribution in [0, 0.1) is 12.8 Å². The molecule has 0 aliphatic carbocycles. The van der Waals surface area contributed by atoms with Crippen LogP contribution in [0.4, 0.5) is 0 Å². The number of carbonyl (C=O) groups excluding carboxylic acids is 5. The second-order valence-electron chi connectivity index (χ2n) is 12.1. The molecule has 1 unspecified atom stereocenters. The van der Waals surface area contributed by atoms with Crippen molar-refractivity contribution in [2.24, 2.45) is 5.92 Å². The topological polar surface area (TPSA) is 189 Å². The van der Waals surface area contributed by atoms with E-state index in [-0.39, 0.29) is 43.8 Å². The highest BCUT2D eigenvalue weighted by Gasteiger charge is 2.24. The number of rotatable bonds is 14. The Morgan fingerprint density at radius 2 is 1.38 bits per heavy atom. The van der Waals surface area contributed by atoms with Crippen LogP contribution in [0.15, 0.2) is 62.4 Å². The van der Waals surface area contributed by atoms with Crippen LogP contribution < -0.4 is 32.2 Å². The molecule has 0 fully saturated rings. The number of benzene rings is 2. The molecule has 0 saturated heterocycles. The fourth-order valence-electron chi connectivity index (χ4n) is 5.16. The molecule has 254 valence electrons. The van der Waals surface area contributed by atoms with Crippen LogP contribution in [-0.4, -0.2) is 61.3 Å². The molecule has 0 saturated carbocycles. The Morgan fingerprint density at radius 1 is 0.750 bits per heavy atom. The summed E-state index contributed by atoms with van der Waals surface area (Å²) >= 11 is 0. The van der Waals surface area contributed by atoms with E-state index in [2.05, 4.69) is 26.6 Å². The number of hydrogen-bond acceptors (Lipinski definition) is 8. The van der Waals surface area contributed by atoms with Gasteiger partial charge in [0.05, 0.1) is 25.9 Å². The maximum Gasteiger partial charge on any atom is 0.339 e. The molecule has 48 heavy (non-hydrogen) atoms. The maximum atomic E-state index is 12.8. The van der Waals surface area contributed by atoms with Crippen molar-refractivity contribution in [3.63, 3.8) is 0 Å². The average Bonchev–Trinajstić information content (AvgIpc) is 3.46. The van der Waals surface area contributed by atoms with Gasteiger partial charge >= 0.3 is 5.63 Å². The lowest BCUT2D eigenvalue weighted by Gasteiger charge is -2.23. The van der Waals surface area contributed by atoms with Gasteiger partial charge in [-0.05, 0) is 50.3 Å². The molecule has 0 radical (unpaired) electrons. The first kappa shape index (κ1) is 35.4. The fraction of sp³-hybridized carbons (Fsp3) is 0.371. The summed E-state index contributed by atoms with van der Waals surface area (Å²) in [6, 6.07) is 12.5. The molecule has 0 bridgehead atoms. The lowest BCUT2D eigenvalue weighted by Crippen LogP contribution is -2.53. The molecule has 13 nitrogen and oxygen atoms in total. The molecule has 0 aliphatic rings. The Morgan fingerprint density at radius 3 is 2.00 bits per heavy atom. The van der Waals surface area contributed by atoms with E-state index in [0.717, 1.165) is 21.9 Å². The lowest BCUT2D eigenvalue weighted by atomic mass is 9.99. The Bertz CT molecular complexity index is 1880. The van der Waals surface area contributed by atoms with Crippen molar-refractivity contribution < 1.29 is 32.8 Å². The first-order valence-corrected chi connectivity index (χ1v) is 15.8. The summed E-state index contributed by atoms with van der Waals surface area (Å²) in [7, 11) is 0. The minimum atomic E-state index is -0.763. The molecule has 1 atom stereocenters. The molecule has 0 aliphatic heterocycles. The largest absolute Gasteiger partial charge is 0.464 e. The van der Waals surface area contributed by atoms with Crippen LogP contribution in [0.2, 0.25) is 0 Å². The number of hydrogen-bond donors (Lipinski definition) is 5. The van der Waals surface area contributed by atoms with Crippen LogP contribution in [0.3, 0.4) is 0 Å². The van der Waals surface area contributed by atoms with Crippen molar-refractivity contribution in [2.45, 2.75) is 59.5 Å². The predicted octanol–water partition coefficient (Wildman–Crippen LogP) is 2.46. The van der Waals surface area contributed by atoms with Gasteiger partial charge in [0, 0.05) is 40.4 Å². The summed E-state index contributed by atoms with van der Waals surface area (Å²) < 4.78 is 11.3. The van der Waals surface area contributed by atoms with Gasteiger partial charge in [-0.3, -0.25) is 24.0 Å². The highest BCUT2D eigenvalue weighted by atomic mass is 16.4. The van der Waals surface area contributed by atoms with Crippen LogP contribution in [0.25, 0.3) is 33.1 Å². The van der Waals surface area contributed by atoms with E-state index in [0.29, 0.717) is 22.3 Å². The monoisotopic (exact) mass is 659 g/mol. The van der Waals surface area contributed by atoms with E-state index in [1.165, 1.54) is 0 Å². The van der Waals surface area contributed by atoms with E-state index in [9.17, 15) is 28.8 Å². The molecule has 5 N–H and O–H groups in total. The van der Waals surface area contributed by atoms with Gasteiger partial charge in [-0.15, -0.1) is 0 Å². The molecule has 13 heteroatoms. The van der Waals surface area contributed by atoms with Gasteiger partial charge < -0.3 is 35.4 Å². The maximum absolute atomic E-state index is 12.8. The van der Waals surface area contributed by atoms with Crippen molar-refractivity contribution in [2.75, 3.05) is 19.6 Å². The molecule has 4 aromatic rings. The highest BCUT2D eigenvalue weighted by molar-refractivity contribution is 6.02. The number of amides is 5. The van der Waals surface area contributed by atoms with Gasteiger partial charge in [0.1, 0.15) is 17.2 Å². The van der Waals surface area contributed by atoms with E-state index >= 15 is 0 Å². The lowest BCUT2D eigenvalue weighted by molar-refractivity contribution is -0.131. The quantitative estimate of drug-likeness (QED) is 0.128. The van der Waals surface area contributed by atoms with Crippen molar-refractivity contribution in [3.8, 4) is 11.1 Å². The van der Waals surface area contributed by atoms with E-state index in [1.54, 1.807) is 33.1 Å². The highest BCUT2D eigenvalue weighted by Crippen LogP contribution is 2.34. The fourth-order valence-corrected chi connectivity index (χ4v) is 5.16. The summed E-state index contributed by atoms with van der Waals surface area (Å²) in [6.45, 7) is 7.81. The van der Waals surface area contributed by atoms with E-state index in [4.69, 9.17) is 8.83 Å². The van der Waals surface area contributed by atoms with Crippen LogP contribution in [-0.2, 0) is 30.4 Å². The Hall–Kier alpha value is -5.46. The van der Waals surface area contributed by atoms with Gasteiger partial charge in [-0.25, -0.2) is 4.79 Å². The van der Waals surface area contributed by atoms with Crippen molar-refractivity contribution in [1.29, 1.82) is 0 Å². The zero-order valence-electron chi connectivity index (χ0n) is 27.7. The number of carbonyl (C=O) groups is 5. The molecule has 5 amide bonds. The normalized spacial score (nSPS) is 11.8. The van der Waals surface area contributed by atoms with Crippen molar-refractivity contribution in [3.05, 3.63) is 70.3 Å². The number of furan rings is 1. The third kappa shape index (κ3) is 9.08. The van der Waals surface area contributed by atoms with Gasteiger partial charge in [0.2, 0.25) is 29.5 Å². The predicted molar refractivity (Wildman–Crippen MR) is 180 cm³/mol. The zero-order chi connectivity index (χ0) is 35.0. The van der Waals surface area contributed by atoms with E-state index in [1.807, 2.05) is 50.2 Å². The van der Waals surface area contributed by atoms with Crippen molar-refractivity contribution >= 4 is 51.5 Å². The smallest absolute Gasteiger partial charge is 0.339 e. The van der Waals surface area contributed by atoms with Gasteiger partial charge in [-0.2, -0.15) is 0 Å². The van der Waals surface area contributed by atoms with Crippen LogP contribution >= 0.6 is 0 Å². The molecule has 2 aromatic carbocycles. The van der Waals surface area contributed by atoms with Crippen molar-refractivity contribution in [1.82, 2.24) is 26.6 Å². The number of fused-ring (bicyclic) bond motifs is 2. The second-order valence-corrected chi connectivity index (χ2v) is 12.1. The minimum absolute atomic E-state index is 0.0736. The first-order chi connectivity index (χ1) is 22.8.